The van der Waals surface area contributed by atoms with Crippen molar-refractivity contribution in [2.45, 2.75) is 6.04 Å². The van der Waals surface area contributed by atoms with Gasteiger partial charge in [-0.25, -0.2) is 0 Å². The van der Waals surface area contributed by atoms with Crippen LogP contribution in [-0.4, -0.2) is 16.1 Å². The van der Waals surface area contributed by atoms with Crippen molar-refractivity contribution in [1.29, 1.82) is 0 Å². The minimum atomic E-state index is -1.16. The van der Waals surface area contributed by atoms with Crippen molar-refractivity contribution < 1.29 is 9.90 Å². The molecule has 2 rings (SSSR count). The third-order valence-electron chi connectivity index (χ3n) is 2.34. The number of pyridine rings is 1. The molecule has 1 aromatic heterocycles. The van der Waals surface area contributed by atoms with Crippen LogP contribution in [0.3, 0.4) is 0 Å². The minimum Gasteiger partial charge on any atom is -0.480 e. The van der Waals surface area contributed by atoms with Crippen molar-refractivity contribution in [1.82, 2.24) is 4.98 Å². The van der Waals surface area contributed by atoms with Gasteiger partial charge in [-0.15, -0.1) is 0 Å². The second-order valence-electron chi connectivity index (χ2n) is 3.35. The largest absolute Gasteiger partial charge is 0.480 e. The van der Waals surface area contributed by atoms with Crippen molar-refractivity contribution in [3.63, 3.8) is 0 Å². The van der Waals surface area contributed by atoms with Crippen LogP contribution in [0.2, 0.25) is 5.02 Å². The van der Waals surface area contributed by atoms with Crippen LogP contribution in [-0.2, 0) is 4.79 Å². The van der Waals surface area contributed by atoms with E-state index in [2.05, 4.69) is 4.98 Å². The van der Waals surface area contributed by atoms with Gasteiger partial charge in [0, 0.05) is 22.2 Å². The van der Waals surface area contributed by atoms with Gasteiger partial charge in [0.25, 0.3) is 0 Å². The number of carbonyl (C=O) groups is 1. The van der Waals surface area contributed by atoms with Crippen molar-refractivity contribution in [3.8, 4) is 0 Å². The molecule has 1 unspecified atom stereocenters. The van der Waals surface area contributed by atoms with Crippen LogP contribution in [0, 0.1) is 0 Å². The fourth-order valence-corrected chi connectivity index (χ4v) is 1.83. The average Bonchev–Trinajstić information content (AvgIpc) is 2.28. The molecular weight excluding hydrogens is 228 g/mol. The normalized spacial score (nSPS) is 12.6. The molecule has 0 saturated heterocycles. The second kappa shape index (κ2) is 4.08. The van der Waals surface area contributed by atoms with Crippen LogP contribution in [0.1, 0.15) is 11.6 Å². The zero-order valence-electron chi connectivity index (χ0n) is 8.22. The molecule has 0 spiro atoms. The SMILES string of the molecule is NC(C(=O)O)c1c(Cl)ccc2cccnc12. The molecule has 82 valence electrons. The number of halogens is 1. The third-order valence-corrected chi connectivity index (χ3v) is 2.67. The van der Waals surface area contributed by atoms with Gasteiger partial charge in [0.15, 0.2) is 0 Å². The summed E-state index contributed by atoms with van der Waals surface area (Å²) >= 11 is 5.96. The predicted molar refractivity (Wildman–Crippen MR) is 61.3 cm³/mol. The number of carboxylic acid groups (broad SMARTS) is 1. The monoisotopic (exact) mass is 236 g/mol. The molecule has 1 atom stereocenters. The lowest BCUT2D eigenvalue weighted by Crippen LogP contribution is -2.21. The first-order valence-electron chi connectivity index (χ1n) is 4.63. The molecule has 3 N–H and O–H groups in total. The van der Waals surface area contributed by atoms with Crippen molar-refractivity contribution in [2.24, 2.45) is 5.73 Å². The summed E-state index contributed by atoms with van der Waals surface area (Å²) < 4.78 is 0. The summed E-state index contributed by atoms with van der Waals surface area (Å²) in [6, 6.07) is 5.85. The minimum absolute atomic E-state index is 0.320. The predicted octanol–water partition coefficient (Wildman–Crippen LogP) is 1.97. The first-order valence-corrected chi connectivity index (χ1v) is 5.00. The Kier molecular flexibility index (Phi) is 2.77. The summed E-state index contributed by atoms with van der Waals surface area (Å²) in [5, 5.41) is 10.0. The topological polar surface area (TPSA) is 76.2 Å². The van der Waals surface area contributed by atoms with Gasteiger partial charge in [-0.05, 0) is 12.1 Å². The highest BCUT2D eigenvalue weighted by Crippen LogP contribution is 2.28. The number of fused-ring (bicyclic) bond motifs is 1. The van der Waals surface area contributed by atoms with E-state index >= 15 is 0 Å². The van der Waals surface area contributed by atoms with E-state index in [9.17, 15) is 4.79 Å². The van der Waals surface area contributed by atoms with Crippen molar-refractivity contribution >= 4 is 28.5 Å². The van der Waals surface area contributed by atoms with E-state index < -0.39 is 12.0 Å². The molecule has 16 heavy (non-hydrogen) atoms. The second-order valence-corrected chi connectivity index (χ2v) is 3.76. The molecule has 0 aliphatic heterocycles. The highest BCUT2D eigenvalue weighted by molar-refractivity contribution is 6.32. The molecule has 0 amide bonds. The van der Waals surface area contributed by atoms with E-state index in [1.807, 2.05) is 6.07 Å². The zero-order chi connectivity index (χ0) is 11.7. The van der Waals surface area contributed by atoms with Crippen LogP contribution in [0.25, 0.3) is 10.9 Å². The Morgan fingerprint density at radius 2 is 2.19 bits per heavy atom. The highest BCUT2D eigenvalue weighted by atomic mass is 35.5. The quantitative estimate of drug-likeness (QED) is 0.836. The van der Waals surface area contributed by atoms with Gasteiger partial charge in [0.2, 0.25) is 0 Å². The van der Waals surface area contributed by atoms with Crippen molar-refractivity contribution in [3.05, 3.63) is 41.0 Å². The van der Waals surface area contributed by atoms with Crippen molar-refractivity contribution in [2.75, 3.05) is 0 Å². The van der Waals surface area contributed by atoms with E-state index in [0.717, 1.165) is 5.39 Å². The summed E-state index contributed by atoms with van der Waals surface area (Å²) in [5.41, 5.74) is 6.47. The highest BCUT2D eigenvalue weighted by Gasteiger charge is 2.20. The summed E-state index contributed by atoms with van der Waals surface area (Å²) in [6.07, 6.45) is 1.58. The maximum absolute atomic E-state index is 10.9. The van der Waals surface area contributed by atoms with Crippen LogP contribution in [0.4, 0.5) is 0 Å². The first-order chi connectivity index (χ1) is 7.61. The Labute approximate surface area is 96.7 Å². The summed E-state index contributed by atoms with van der Waals surface area (Å²) in [6.45, 7) is 0. The molecule has 1 heterocycles. The number of nitrogens with two attached hydrogens (primary N) is 1. The lowest BCUT2D eigenvalue weighted by molar-refractivity contribution is -0.138. The van der Waals surface area contributed by atoms with Crippen LogP contribution >= 0.6 is 11.6 Å². The standard InChI is InChI=1S/C11H9ClN2O2/c12-7-4-3-6-2-1-5-14-10(6)8(7)9(13)11(15)16/h1-5,9H,13H2,(H,15,16). The molecule has 0 radical (unpaired) electrons. The maximum atomic E-state index is 10.9. The lowest BCUT2D eigenvalue weighted by Gasteiger charge is -2.11. The Hall–Kier alpha value is -1.65. The van der Waals surface area contributed by atoms with Gasteiger partial charge < -0.3 is 10.8 Å². The summed E-state index contributed by atoms with van der Waals surface area (Å²) in [7, 11) is 0. The number of hydrogen-bond acceptors (Lipinski definition) is 3. The van der Waals surface area contributed by atoms with E-state index in [0.29, 0.717) is 16.1 Å². The van der Waals surface area contributed by atoms with E-state index in [1.54, 1.807) is 24.4 Å². The zero-order valence-corrected chi connectivity index (χ0v) is 8.98. The van der Waals surface area contributed by atoms with Gasteiger partial charge in [-0.2, -0.15) is 0 Å². The van der Waals surface area contributed by atoms with Crippen LogP contribution < -0.4 is 5.73 Å². The van der Waals surface area contributed by atoms with Gasteiger partial charge in [-0.3, -0.25) is 9.78 Å². The molecule has 0 saturated carbocycles. The number of benzene rings is 1. The molecule has 0 aliphatic carbocycles. The number of nitrogens with zero attached hydrogens (tertiary/aromatic N) is 1. The smallest absolute Gasteiger partial charge is 0.325 e. The number of carboxylic acids is 1. The van der Waals surface area contributed by atoms with Gasteiger partial charge in [-0.1, -0.05) is 23.7 Å². The molecular formula is C11H9ClN2O2. The molecule has 0 bridgehead atoms. The Morgan fingerprint density at radius 3 is 2.88 bits per heavy atom. The summed E-state index contributed by atoms with van der Waals surface area (Å²) in [5.74, 6) is -1.12. The molecule has 0 fully saturated rings. The molecule has 5 heteroatoms. The molecule has 0 aliphatic rings. The van der Waals surface area contributed by atoms with Crippen LogP contribution in [0.5, 0.6) is 0 Å². The Morgan fingerprint density at radius 1 is 1.44 bits per heavy atom. The van der Waals surface area contributed by atoms with Crippen LogP contribution in [0.15, 0.2) is 30.5 Å². The number of hydrogen-bond donors (Lipinski definition) is 2. The molecule has 4 nitrogen and oxygen atoms in total. The molecule has 1 aromatic carbocycles. The number of aliphatic carboxylic acids is 1. The molecule has 2 aromatic rings. The summed E-state index contributed by atoms with van der Waals surface area (Å²) in [4.78, 5) is 15.0. The fourth-order valence-electron chi connectivity index (χ4n) is 1.56. The van der Waals surface area contributed by atoms with E-state index in [1.165, 1.54) is 0 Å². The fraction of sp³-hybridized carbons (Fsp3) is 0.0909. The Bertz CT molecular complexity index is 557. The van der Waals surface area contributed by atoms with E-state index in [4.69, 9.17) is 22.4 Å². The van der Waals surface area contributed by atoms with Gasteiger partial charge in [0.1, 0.15) is 6.04 Å². The maximum Gasteiger partial charge on any atom is 0.325 e. The van der Waals surface area contributed by atoms with Gasteiger partial charge >= 0.3 is 5.97 Å². The Balaban J connectivity index is 2.75. The lowest BCUT2D eigenvalue weighted by atomic mass is 10.0. The number of rotatable bonds is 2. The van der Waals surface area contributed by atoms with E-state index in [-0.39, 0.29) is 0 Å². The first kappa shape index (κ1) is 10.9. The average molecular weight is 237 g/mol. The third kappa shape index (κ3) is 1.73. The van der Waals surface area contributed by atoms with Gasteiger partial charge in [0.05, 0.1) is 5.52 Å². The number of aromatic nitrogens is 1.